The first kappa shape index (κ1) is 22.4. The number of hydrogen-bond donors (Lipinski definition) is 0. The van der Waals surface area contributed by atoms with Crippen molar-refractivity contribution in [2.24, 2.45) is 0 Å². The maximum atomic E-state index is 12.8. The number of piperazine rings is 1. The van der Waals surface area contributed by atoms with Gasteiger partial charge in [-0.3, -0.25) is 9.69 Å². The van der Waals surface area contributed by atoms with Crippen molar-refractivity contribution < 1.29 is 9.53 Å². The summed E-state index contributed by atoms with van der Waals surface area (Å²) >= 11 is 1.68. The van der Waals surface area contributed by atoms with E-state index < -0.39 is 0 Å². The second-order valence-electron chi connectivity index (χ2n) is 7.98. The van der Waals surface area contributed by atoms with Crippen LogP contribution in [0.5, 0.6) is 5.75 Å². The summed E-state index contributed by atoms with van der Waals surface area (Å²) in [6.07, 6.45) is 0. The minimum atomic E-state index is 0.221. The van der Waals surface area contributed by atoms with Crippen molar-refractivity contribution in [2.75, 3.05) is 39.0 Å². The monoisotopic (exact) mass is 446 g/mol. The van der Waals surface area contributed by atoms with E-state index in [2.05, 4.69) is 77.7 Å². The van der Waals surface area contributed by atoms with E-state index in [1.165, 1.54) is 16.7 Å². The Bertz CT molecular complexity index is 932. The van der Waals surface area contributed by atoms with Gasteiger partial charge >= 0.3 is 0 Å². The maximum absolute atomic E-state index is 12.8. The Morgan fingerprint density at radius 1 is 0.844 bits per heavy atom. The molecule has 1 heterocycles. The van der Waals surface area contributed by atoms with E-state index in [-0.39, 0.29) is 11.9 Å². The molecule has 32 heavy (non-hydrogen) atoms. The number of methoxy groups -OCH3 is 1. The Morgan fingerprint density at radius 3 is 1.94 bits per heavy atom. The fourth-order valence-corrected chi connectivity index (χ4v) is 5.07. The van der Waals surface area contributed by atoms with E-state index in [0.29, 0.717) is 5.75 Å². The summed E-state index contributed by atoms with van der Waals surface area (Å²) in [5.74, 6) is 2.45. The van der Waals surface area contributed by atoms with Crippen molar-refractivity contribution >= 4 is 17.7 Å². The summed E-state index contributed by atoms with van der Waals surface area (Å²) in [5.41, 5.74) is 3.81. The normalized spacial score (nSPS) is 14.5. The van der Waals surface area contributed by atoms with E-state index >= 15 is 0 Å². The SMILES string of the molecule is COc1ccc(CSCC(=O)N2CCN(C(c3ccccc3)c3ccccc3)CC2)cc1. The molecule has 0 aromatic heterocycles. The molecule has 1 amide bonds. The highest BCUT2D eigenvalue weighted by Gasteiger charge is 2.27. The van der Waals surface area contributed by atoms with Gasteiger partial charge in [0.1, 0.15) is 5.75 Å². The zero-order chi connectivity index (χ0) is 22.2. The summed E-state index contributed by atoms with van der Waals surface area (Å²) in [7, 11) is 1.67. The number of carbonyl (C=O) groups excluding carboxylic acids is 1. The van der Waals surface area contributed by atoms with Crippen LogP contribution in [0.15, 0.2) is 84.9 Å². The summed E-state index contributed by atoms with van der Waals surface area (Å²) in [4.78, 5) is 17.3. The van der Waals surface area contributed by atoms with Crippen LogP contribution in [-0.2, 0) is 10.5 Å². The Balaban J connectivity index is 1.31. The maximum Gasteiger partial charge on any atom is 0.232 e. The van der Waals surface area contributed by atoms with Crippen molar-refractivity contribution in [1.29, 1.82) is 0 Å². The Hall–Kier alpha value is -2.76. The second-order valence-corrected chi connectivity index (χ2v) is 8.97. The van der Waals surface area contributed by atoms with Crippen molar-refractivity contribution in [3.8, 4) is 5.75 Å². The molecule has 5 heteroatoms. The minimum absolute atomic E-state index is 0.221. The molecule has 0 unspecified atom stereocenters. The van der Waals surface area contributed by atoms with Gasteiger partial charge in [-0.15, -0.1) is 11.8 Å². The lowest BCUT2D eigenvalue weighted by Gasteiger charge is -2.39. The number of amides is 1. The molecule has 0 spiro atoms. The number of hydrogen-bond acceptors (Lipinski definition) is 4. The van der Waals surface area contributed by atoms with Gasteiger partial charge in [-0.25, -0.2) is 0 Å². The van der Waals surface area contributed by atoms with Gasteiger partial charge in [0.2, 0.25) is 5.91 Å². The summed E-state index contributed by atoms with van der Waals surface area (Å²) < 4.78 is 5.20. The zero-order valence-electron chi connectivity index (χ0n) is 18.5. The Kier molecular flexibility index (Phi) is 7.86. The van der Waals surface area contributed by atoms with Crippen LogP contribution in [0.25, 0.3) is 0 Å². The first-order valence-electron chi connectivity index (χ1n) is 11.1. The van der Waals surface area contributed by atoms with Gasteiger partial charge in [0.25, 0.3) is 0 Å². The molecule has 1 fully saturated rings. The Labute approximate surface area is 195 Å². The minimum Gasteiger partial charge on any atom is -0.497 e. The summed E-state index contributed by atoms with van der Waals surface area (Å²) in [6, 6.07) is 29.6. The number of benzene rings is 3. The number of rotatable bonds is 8. The van der Waals surface area contributed by atoms with Crippen molar-refractivity contribution in [3.63, 3.8) is 0 Å². The fraction of sp³-hybridized carbons (Fsp3) is 0.296. The van der Waals surface area contributed by atoms with Crippen LogP contribution in [0.2, 0.25) is 0 Å². The van der Waals surface area contributed by atoms with Gasteiger partial charge in [0, 0.05) is 31.9 Å². The van der Waals surface area contributed by atoms with Crippen LogP contribution >= 0.6 is 11.8 Å². The fourth-order valence-electron chi connectivity index (χ4n) is 4.18. The zero-order valence-corrected chi connectivity index (χ0v) is 19.3. The van der Waals surface area contributed by atoms with Gasteiger partial charge < -0.3 is 9.64 Å². The molecule has 1 aliphatic rings. The van der Waals surface area contributed by atoms with Crippen molar-refractivity contribution in [3.05, 3.63) is 102 Å². The first-order valence-corrected chi connectivity index (χ1v) is 12.2. The predicted molar refractivity (Wildman–Crippen MR) is 132 cm³/mol. The van der Waals surface area contributed by atoms with E-state index in [9.17, 15) is 4.79 Å². The highest BCUT2D eigenvalue weighted by atomic mass is 32.2. The molecule has 166 valence electrons. The number of thioether (sulfide) groups is 1. The predicted octanol–water partition coefficient (Wildman–Crippen LogP) is 4.86. The van der Waals surface area contributed by atoms with Crippen LogP contribution in [0.4, 0.5) is 0 Å². The smallest absolute Gasteiger partial charge is 0.232 e. The van der Waals surface area contributed by atoms with Gasteiger partial charge in [0.05, 0.1) is 18.9 Å². The highest BCUT2D eigenvalue weighted by molar-refractivity contribution is 7.99. The molecule has 0 bridgehead atoms. The number of nitrogens with zero attached hydrogens (tertiary/aromatic N) is 2. The van der Waals surface area contributed by atoms with E-state index in [1.54, 1.807) is 18.9 Å². The van der Waals surface area contributed by atoms with Gasteiger partial charge in [-0.05, 0) is 28.8 Å². The molecule has 1 saturated heterocycles. The third-order valence-electron chi connectivity index (χ3n) is 5.92. The van der Waals surface area contributed by atoms with E-state index in [4.69, 9.17) is 4.74 Å². The third kappa shape index (κ3) is 5.72. The molecule has 3 aromatic rings. The lowest BCUT2D eigenvalue weighted by molar-refractivity contribution is -0.130. The summed E-state index contributed by atoms with van der Waals surface area (Å²) in [6.45, 7) is 3.31. The van der Waals surface area contributed by atoms with Gasteiger partial charge in [0.15, 0.2) is 0 Å². The van der Waals surface area contributed by atoms with Gasteiger partial charge in [-0.1, -0.05) is 72.8 Å². The van der Waals surface area contributed by atoms with Crippen LogP contribution in [0.1, 0.15) is 22.7 Å². The lowest BCUT2D eigenvalue weighted by Crippen LogP contribution is -2.50. The molecule has 0 radical (unpaired) electrons. The second kappa shape index (κ2) is 11.2. The van der Waals surface area contributed by atoms with E-state index in [0.717, 1.165) is 37.7 Å². The molecule has 0 atom stereocenters. The average Bonchev–Trinajstić information content (AvgIpc) is 2.86. The molecule has 3 aromatic carbocycles. The number of carbonyl (C=O) groups is 1. The molecule has 0 aliphatic carbocycles. The molecular formula is C27H30N2O2S. The van der Waals surface area contributed by atoms with Gasteiger partial charge in [-0.2, -0.15) is 0 Å². The molecule has 0 saturated carbocycles. The van der Waals surface area contributed by atoms with Crippen molar-refractivity contribution in [1.82, 2.24) is 9.80 Å². The first-order chi connectivity index (χ1) is 15.7. The largest absolute Gasteiger partial charge is 0.497 e. The highest BCUT2D eigenvalue weighted by Crippen LogP contribution is 2.29. The number of ether oxygens (including phenoxy) is 1. The summed E-state index contributed by atoms with van der Waals surface area (Å²) in [5, 5.41) is 0. The molecular weight excluding hydrogens is 416 g/mol. The van der Waals surface area contributed by atoms with Crippen LogP contribution in [-0.4, -0.2) is 54.7 Å². The third-order valence-corrected chi connectivity index (χ3v) is 6.90. The Morgan fingerprint density at radius 2 is 1.41 bits per heavy atom. The van der Waals surface area contributed by atoms with Crippen LogP contribution in [0.3, 0.4) is 0 Å². The average molecular weight is 447 g/mol. The standard InChI is InChI=1S/C27H30N2O2S/c1-31-25-14-12-22(13-15-25)20-32-21-26(30)28-16-18-29(19-17-28)27(23-8-4-2-5-9-23)24-10-6-3-7-11-24/h2-15,27H,16-21H2,1H3. The van der Waals surface area contributed by atoms with Crippen LogP contribution in [0, 0.1) is 0 Å². The lowest BCUT2D eigenvalue weighted by atomic mass is 9.96. The van der Waals surface area contributed by atoms with E-state index in [1.807, 2.05) is 17.0 Å². The molecule has 4 nitrogen and oxygen atoms in total. The topological polar surface area (TPSA) is 32.8 Å². The van der Waals surface area contributed by atoms with Crippen LogP contribution < -0.4 is 4.74 Å². The molecule has 4 rings (SSSR count). The molecule has 1 aliphatic heterocycles. The van der Waals surface area contributed by atoms with Crippen molar-refractivity contribution in [2.45, 2.75) is 11.8 Å². The quantitative estimate of drug-likeness (QED) is 0.495. The molecule has 0 N–H and O–H groups in total.